The van der Waals surface area contributed by atoms with Crippen molar-refractivity contribution in [1.82, 2.24) is 9.55 Å². The molecule has 0 N–H and O–H groups in total. The minimum absolute atomic E-state index is 0.126. The number of hydrogen-bond donors (Lipinski definition) is 0. The number of carbonyl (C=O) groups excluding carboxylic acids is 1. The van der Waals surface area contributed by atoms with Crippen molar-refractivity contribution in [3.8, 4) is 5.75 Å². The number of thiophene rings is 1. The van der Waals surface area contributed by atoms with Crippen LogP contribution >= 0.6 is 27.3 Å². The van der Waals surface area contributed by atoms with E-state index in [-0.39, 0.29) is 5.78 Å². The number of carbonyl (C=O) groups is 1. The summed E-state index contributed by atoms with van der Waals surface area (Å²) in [5, 5.41) is 2.03. The summed E-state index contributed by atoms with van der Waals surface area (Å²) in [5.41, 5.74) is 2.74. The lowest BCUT2D eigenvalue weighted by Crippen LogP contribution is -2.14. The minimum Gasteiger partial charge on any atom is -0.492 e. The normalized spacial score (nSPS) is 15.3. The number of aromatic nitrogens is 2. The number of aryl methyl sites for hydroxylation is 1. The zero-order valence-corrected chi connectivity index (χ0v) is 16.4. The van der Waals surface area contributed by atoms with E-state index < -0.39 is 0 Å². The van der Waals surface area contributed by atoms with E-state index >= 15 is 0 Å². The largest absolute Gasteiger partial charge is 0.492 e. The van der Waals surface area contributed by atoms with Gasteiger partial charge in [-0.3, -0.25) is 4.79 Å². The molecule has 4 rings (SSSR count). The maximum absolute atomic E-state index is 12.8. The molecule has 0 atom stereocenters. The molecule has 0 fully saturated rings. The zero-order chi connectivity index (χ0) is 17.9. The lowest BCUT2D eigenvalue weighted by atomic mass is 9.86. The van der Waals surface area contributed by atoms with Gasteiger partial charge in [-0.15, -0.1) is 11.3 Å². The molecule has 0 radical (unpaired) electrons. The highest BCUT2D eigenvalue weighted by Crippen LogP contribution is 2.31. The number of ketones is 1. The number of rotatable bonds is 5. The van der Waals surface area contributed by atoms with Gasteiger partial charge < -0.3 is 9.30 Å². The van der Waals surface area contributed by atoms with Gasteiger partial charge in [-0.05, 0) is 64.7 Å². The molecular formula is C20H17BrN2O2S. The Balaban J connectivity index is 1.46. The number of fused-ring (bicyclic) bond motifs is 1. The van der Waals surface area contributed by atoms with E-state index in [2.05, 4.69) is 20.9 Å². The number of halogens is 1. The molecule has 2 heterocycles. The molecule has 3 aromatic rings. The first-order valence-corrected chi connectivity index (χ1v) is 10.1. The van der Waals surface area contributed by atoms with Crippen molar-refractivity contribution in [3.63, 3.8) is 0 Å². The molecule has 132 valence electrons. The summed E-state index contributed by atoms with van der Waals surface area (Å²) in [6, 6.07) is 7.81. The highest BCUT2D eigenvalue weighted by molar-refractivity contribution is 9.10. The third-order valence-corrected chi connectivity index (χ3v) is 6.00. The van der Waals surface area contributed by atoms with Crippen LogP contribution in [-0.2, 0) is 13.0 Å². The topological polar surface area (TPSA) is 44.1 Å². The van der Waals surface area contributed by atoms with Gasteiger partial charge in [-0.1, -0.05) is 0 Å². The average molecular weight is 429 g/mol. The lowest BCUT2D eigenvalue weighted by Gasteiger charge is -2.18. The van der Waals surface area contributed by atoms with Crippen molar-refractivity contribution in [1.29, 1.82) is 0 Å². The van der Waals surface area contributed by atoms with Crippen molar-refractivity contribution >= 4 is 39.1 Å². The van der Waals surface area contributed by atoms with E-state index in [0.717, 1.165) is 51.2 Å². The lowest BCUT2D eigenvalue weighted by molar-refractivity contribution is 0.102. The maximum atomic E-state index is 12.8. The minimum atomic E-state index is 0.126. The van der Waals surface area contributed by atoms with Crippen molar-refractivity contribution in [2.45, 2.75) is 19.4 Å². The first-order chi connectivity index (χ1) is 12.7. The van der Waals surface area contributed by atoms with Crippen LogP contribution in [-0.4, -0.2) is 21.9 Å². The van der Waals surface area contributed by atoms with Crippen LogP contribution in [0.4, 0.5) is 0 Å². The molecule has 0 aliphatic heterocycles. The molecule has 0 saturated carbocycles. The van der Waals surface area contributed by atoms with Crippen LogP contribution in [0.25, 0.3) is 6.08 Å². The fourth-order valence-electron chi connectivity index (χ4n) is 3.05. The van der Waals surface area contributed by atoms with Crippen LogP contribution in [0.3, 0.4) is 0 Å². The number of ether oxygens (including phenoxy) is 1. The van der Waals surface area contributed by atoms with E-state index in [0.29, 0.717) is 6.61 Å². The van der Waals surface area contributed by atoms with Crippen LogP contribution in [0, 0.1) is 0 Å². The molecule has 1 aliphatic rings. The van der Waals surface area contributed by atoms with Gasteiger partial charge in [-0.25, -0.2) is 4.98 Å². The molecule has 0 unspecified atom stereocenters. The Bertz CT molecular complexity index is 960. The molecular weight excluding hydrogens is 412 g/mol. The molecule has 0 amide bonds. The second-order valence-corrected chi connectivity index (χ2v) is 7.99. The molecule has 4 nitrogen and oxygen atoms in total. The van der Waals surface area contributed by atoms with Gasteiger partial charge in [0.1, 0.15) is 12.4 Å². The van der Waals surface area contributed by atoms with Crippen molar-refractivity contribution in [2.75, 3.05) is 6.61 Å². The van der Waals surface area contributed by atoms with Crippen molar-refractivity contribution in [2.24, 2.45) is 0 Å². The molecule has 2 aromatic heterocycles. The summed E-state index contributed by atoms with van der Waals surface area (Å²) in [6.07, 6.45) is 9.07. The Kier molecular flexibility index (Phi) is 5.04. The van der Waals surface area contributed by atoms with Gasteiger partial charge in [-0.2, -0.15) is 0 Å². The Morgan fingerprint density at radius 3 is 3.00 bits per heavy atom. The number of hydrogen-bond acceptors (Lipinski definition) is 4. The molecule has 26 heavy (non-hydrogen) atoms. The molecule has 6 heteroatoms. The third-order valence-electron chi connectivity index (χ3n) is 4.36. The molecule has 0 bridgehead atoms. The first kappa shape index (κ1) is 17.2. The number of imidazole rings is 1. The van der Waals surface area contributed by atoms with E-state index in [1.54, 1.807) is 23.9 Å². The molecule has 1 aliphatic carbocycles. The Morgan fingerprint density at radius 1 is 1.31 bits per heavy atom. The molecule has 0 saturated heterocycles. The highest BCUT2D eigenvalue weighted by Gasteiger charge is 2.22. The smallest absolute Gasteiger partial charge is 0.189 e. The predicted octanol–water partition coefficient (Wildman–Crippen LogP) is 5.00. The second kappa shape index (κ2) is 7.60. The standard InChI is InChI=1S/C20H17BrN2O2S/c21-16-11-18(26-12-16)10-15-2-1-14-9-17(3-4-19(14)20(15)24)25-8-7-23-6-5-22-13-23/h3-6,9-13H,1-2,7-8H2. The summed E-state index contributed by atoms with van der Waals surface area (Å²) in [7, 11) is 0. The maximum Gasteiger partial charge on any atom is 0.189 e. The fraction of sp³-hybridized carbons (Fsp3) is 0.200. The monoisotopic (exact) mass is 428 g/mol. The van der Waals surface area contributed by atoms with Crippen molar-refractivity contribution in [3.05, 3.63) is 74.4 Å². The Labute approximate surface area is 164 Å². The molecule has 1 aromatic carbocycles. The highest BCUT2D eigenvalue weighted by atomic mass is 79.9. The van der Waals surface area contributed by atoms with Gasteiger partial charge in [0.15, 0.2) is 5.78 Å². The van der Waals surface area contributed by atoms with Gasteiger partial charge in [0.2, 0.25) is 0 Å². The van der Waals surface area contributed by atoms with E-state index in [1.165, 1.54) is 0 Å². The second-order valence-electron chi connectivity index (χ2n) is 6.13. The Morgan fingerprint density at radius 2 is 2.23 bits per heavy atom. The van der Waals surface area contributed by atoms with E-state index in [1.807, 2.05) is 46.5 Å². The van der Waals surface area contributed by atoms with Gasteiger partial charge in [0.05, 0.1) is 12.9 Å². The third kappa shape index (κ3) is 3.81. The van der Waals surface area contributed by atoms with E-state index in [4.69, 9.17) is 4.74 Å². The number of benzene rings is 1. The SMILES string of the molecule is O=C1C(=Cc2cc(Br)cs2)CCc2cc(OCCn3ccnc3)ccc21. The number of Topliss-reactive ketones (excluding diaryl/α,β-unsaturated/α-hetero) is 1. The average Bonchev–Trinajstić information content (AvgIpc) is 3.29. The summed E-state index contributed by atoms with van der Waals surface area (Å²) in [4.78, 5) is 17.9. The van der Waals surface area contributed by atoms with Gasteiger partial charge in [0, 0.05) is 38.3 Å². The van der Waals surface area contributed by atoms with Gasteiger partial charge >= 0.3 is 0 Å². The predicted molar refractivity (Wildman–Crippen MR) is 107 cm³/mol. The van der Waals surface area contributed by atoms with E-state index in [9.17, 15) is 4.79 Å². The van der Waals surface area contributed by atoms with Crippen LogP contribution in [0.2, 0.25) is 0 Å². The zero-order valence-electron chi connectivity index (χ0n) is 14.0. The van der Waals surface area contributed by atoms with Crippen molar-refractivity contribution < 1.29 is 9.53 Å². The Hall–Kier alpha value is -2.18. The summed E-state index contributed by atoms with van der Waals surface area (Å²) in [6.45, 7) is 1.32. The van der Waals surface area contributed by atoms with Crippen LogP contribution in [0.1, 0.15) is 27.2 Å². The molecule has 0 spiro atoms. The first-order valence-electron chi connectivity index (χ1n) is 8.40. The van der Waals surface area contributed by atoms with Crippen LogP contribution in [0.5, 0.6) is 5.75 Å². The van der Waals surface area contributed by atoms with Gasteiger partial charge in [0.25, 0.3) is 0 Å². The van der Waals surface area contributed by atoms with Crippen LogP contribution < -0.4 is 4.74 Å². The fourth-order valence-corrected chi connectivity index (χ4v) is 4.45. The summed E-state index contributed by atoms with van der Waals surface area (Å²) < 4.78 is 8.85. The van der Waals surface area contributed by atoms with Crippen LogP contribution in [0.15, 0.2) is 58.4 Å². The number of allylic oxidation sites excluding steroid dienone is 1. The summed E-state index contributed by atoms with van der Waals surface area (Å²) in [5.74, 6) is 0.937. The number of nitrogens with zero attached hydrogens (tertiary/aromatic N) is 2. The quantitative estimate of drug-likeness (QED) is 0.537. The summed E-state index contributed by atoms with van der Waals surface area (Å²) >= 11 is 5.09.